The van der Waals surface area contributed by atoms with Gasteiger partial charge in [0.2, 0.25) is 5.91 Å². The molecule has 0 radical (unpaired) electrons. The van der Waals surface area contributed by atoms with Gasteiger partial charge in [0, 0.05) is 24.5 Å². The monoisotopic (exact) mass is 389 g/mol. The van der Waals surface area contributed by atoms with Crippen LogP contribution in [0, 0.1) is 0 Å². The number of amides is 1. The molecule has 0 spiro atoms. The number of fused-ring (bicyclic) bond motifs is 1. The molecule has 2 aromatic rings. The number of methoxy groups -OCH3 is 1. The van der Waals surface area contributed by atoms with Gasteiger partial charge in [0.1, 0.15) is 11.4 Å². The second kappa shape index (κ2) is 8.62. The Bertz CT molecular complexity index is 853. The lowest BCUT2D eigenvalue weighted by Gasteiger charge is -2.34. The Labute approximate surface area is 164 Å². The molecule has 1 fully saturated rings. The highest BCUT2D eigenvalue weighted by Crippen LogP contribution is 2.31. The van der Waals surface area contributed by atoms with E-state index in [-0.39, 0.29) is 37.0 Å². The van der Waals surface area contributed by atoms with Crippen molar-refractivity contribution in [1.82, 2.24) is 9.88 Å². The number of morpholine rings is 1. The van der Waals surface area contributed by atoms with Crippen LogP contribution in [0.4, 0.5) is 5.69 Å². The number of anilines is 1. The lowest BCUT2D eigenvalue weighted by atomic mass is 10.2. The van der Waals surface area contributed by atoms with Crippen molar-refractivity contribution in [3.05, 3.63) is 23.9 Å². The molecular formula is C20H27N3O5. The molecule has 152 valence electrons. The van der Waals surface area contributed by atoms with Gasteiger partial charge < -0.3 is 24.5 Å². The van der Waals surface area contributed by atoms with Crippen LogP contribution in [0.3, 0.4) is 0 Å². The van der Waals surface area contributed by atoms with Crippen LogP contribution >= 0.6 is 0 Å². The number of benzene rings is 1. The smallest absolute Gasteiger partial charge is 0.356 e. The van der Waals surface area contributed by atoms with E-state index >= 15 is 0 Å². The Morgan fingerprint density at radius 3 is 2.64 bits per heavy atom. The highest BCUT2D eigenvalue weighted by Gasteiger charge is 2.25. The number of ether oxygens (including phenoxy) is 3. The number of carbonyl (C=O) groups is 2. The summed E-state index contributed by atoms with van der Waals surface area (Å²) < 4.78 is 16.1. The first kappa shape index (κ1) is 20.2. The predicted molar refractivity (Wildman–Crippen MR) is 106 cm³/mol. The van der Waals surface area contributed by atoms with Gasteiger partial charge in [-0.05, 0) is 32.9 Å². The fourth-order valence-electron chi connectivity index (χ4n) is 3.59. The van der Waals surface area contributed by atoms with Gasteiger partial charge in [-0.15, -0.1) is 0 Å². The molecule has 0 aliphatic carbocycles. The average molecular weight is 389 g/mol. The molecule has 1 aliphatic rings. The fraction of sp³-hybridized carbons (Fsp3) is 0.500. The molecule has 3 rings (SSSR count). The van der Waals surface area contributed by atoms with Gasteiger partial charge in [0.15, 0.2) is 0 Å². The average Bonchev–Trinajstić information content (AvgIpc) is 2.98. The molecule has 2 atom stereocenters. The van der Waals surface area contributed by atoms with Gasteiger partial charge >= 0.3 is 5.97 Å². The van der Waals surface area contributed by atoms with E-state index in [0.29, 0.717) is 30.0 Å². The number of nitrogens with zero attached hydrogens (tertiary/aromatic N) is 1. The Balaban J connectivity index is 1.84. The molecule has 1 saturated heterocycles. The van der Waals surface area contributed by atoms with E-state index in [9.17, 15) is 9.59 Å². The van der Waals surface area contributed by atoms with Crippen LogP contribution in [0.25, 0.3) is 10.9 Å². The Kier molecular flexibility index (Phi) is 6.21. The molecular weight excluding hydrogens is 362 g/mol. The van der Waals surface area contributed by atoms with Crippen molar-refractivity contribution in [2.75, 3.05) is 38.7 Å². The van der Waals surface area contributed by atoms with Gasteiger partial charge in [-0.1, -0.05) is 0 Å². The van der Waals surface area contributed by atoms with Crippen LogP contribution in [0.15, 0.2) is 18.2 Å². The number of hydrogen-bond donors (Lipinski definition) is 2. The number of H-pyrrole nitrogens is 1. The predicted octanol–water partition coefficient (Wildman–Crippen LogP) is 2.40. The molecule has 1 aromatic carbocycles. The lowest BCUT2D eigenvalue weighted by Crippen LogP contribution is -2.48. The second-order valence-electron chi connectivity index (χ2n) is 7.01. The van der Waals surface area contributed by atoms with E-state index < -0.39 is 5.97 Å². The summed E-state index contributed by atoms with van der Waals surface area (Å²) in [6, 6.07) is 5.37. The van der Waals surface area contributed by atoms with Crippen LogP contribution in [-0.2, 0) is 14.3 Å². The highest BCUT2D eigenvalue weighted by molar-refractivity contribution is 6.11. The highest BCUT2D eigenvalue weighted by atomic mass is 16.5. The largest absolute Gasteiger partial charge is 0.497 e. The van der Waals surface area contributed by atoms with E-state index in [1.807, 2.05) is 19.9 Å². The number of aromatic amines is 1. The minimum Gasteiger partial charge on any atom is -0.497 e. The van der Waals surface area contributed by atoms with E-state index in [1.54, 1.807) is 26.2 Å². The summed E-state index contributed by atoms with van der Waals surface area (Å²) in [4.78, 5) is 30.2. The molecule has 0 unspecified atom stereocenters. The first-order valence-electron chi connectivity index (χ1n) is 9.45. The van der Waals surface area contributed by atoms with Crippen molar-refractivity contribution in [1.29, 1.82) is 0 Å². The van der Waals surface area contributed by atoms with Crippen LogP contribution in [0.5, 0.6) is 5.75 Å². The van der Waals surface area contributed by atoms with Crippen LogP contribution in [0.2, 0.25) is 0 Å². The zero-order valence-corrected chi connectivity index (χ0v) is 16.7. The van der Waals surface area contributed by atoms with Crippen LogP contribution < -0.4 is 10.1 Å². The molecule has 1 aliphatic heterocycles. The summed E-state index contributed by atoms with van der Waals surface area (Å²) in [5, 5.41) is 3.62. The summed E-state index contributed by atoms with van der Waals surface area (Å²) in [5.41, 5.74) is 1.34. The quantitative estimate of drug-likeness (QED) is 0.737. The third-order valence-electron chi connectivity index (χ3n) is 4.61. The van der Waals surface area contributed by atoms with Gasteiger partial charge in [-0.25, -0.2) is 4.79 Å². The van der Waals surface area contributed by atoms with Crippen molar-refractivity contribution in [3.8, 4) is 5.75 Å². The number of aromatic nitrogens is 1. The fourth-order valence-corrected chi connectivity index (χ4v) is 3.59. The summed E-state index contributed by atoms with van der Waals surface area (Å²) in [6.45, 7) is 7.57. The van der Waals surface area contributed by atoms with Crippen molar-refractivity contribution in [2.45, 2.75) is 33.0 Å². The van der Waals surface area contributed by atoms with Gasteiger partial charge in [-0.2, -0.15) is 0 Å². The number of carbonyl (C=O) groups excluding carboxylic acids is 2. The zero-order chi connectivity index (χ0) is 20.3. The summed E-state index contributed by atoms with van der Waals surface area (Å²) >= 11 is 0. The third-order valence-corrected chi connectivity index (χ3v) is 4.61. The molecule has 8 heteroatoms. The number of nitrogens with one attached hydrogen (secondary N) is 2. The number of rotatable bonds is 6. The Morgan fingerprint density at radius 2 is 2.00 bits per heavy atom. The van der Waals surface area contributed by atoms with Crippen LogP contribution in [0.1, 0.15) is 31.3 Å². The first-order chi connectivity index (χ1) is 13.4. The first-order valence-corrected chi connectivity index (χ1v) is 9.45. The normalized spacial score (nSPS) is 20.1. The standard InChI is InChI=1S/C20H27N3O5/c1-5-27-20(25)19-18(15-7-6-14(26-4)8-16(15)21-19)22-17(24)11-23-9-12(2)28-13(3)10-23/h6-8,12-13,21H,5,9-11H2,1-4H3,(H,22,24)/t12-,13+. The van der Waals surface area contributed by atoms with Crippen LogP contribution in [-0.4, -0.2) is 67.3 Å². The van der Waals surface area contributed by atoms with E-state index in [1.165, 1.54) is 0 Å². The molecule has 28 heavy (non-hydrogen) atoms. The molecule has 0 bridgehead atoms. The molecule has 1 aromatic heterocycles. The maximum absolute atomic E-state index is 12.7. The zero-order valence-electron chi connectivity index (χ0n) is 16.7. The Hall–Kier alpha value is -2.58. The number of hydrogen-bond acceptors (Lipinski definition) is 6. The van der Waals surface area contributed by atoms with Gasteiger partial charge in [0.05, 0.1) is 43.7 Å². The van der Waals surface area contributed by atoms with E-state index in [2.05, 4.69) is 15.2 Å². The third kappa shape index (κ3) is 4.45. The van der Waals surface area contributed by atoms with Crippen molar-refractivity contribution in [2.24, 2.45) is 0 Å². The lowest BCUT2D eigenvalue weighted by molar-refractivity contribution is -0.121. The summed E-state index contributed by atoms with van der Waals surface area (Å²) in [7, 11) is 1.57. The maximum Gasteiger partial charge on any atom is 0.356 e. The van der Waals surface area contributed by atoms with E-state index in [0.717, 1.165) is 5.39 Å². The van der Waals surface area contributed by atoms with Gasteiger partial charge in [0.25, 0.3) is 0 Å². The summed E-state index contributed by atoms with van der Waals surface area (Å²) in [6.07, 6.45) is 0.152. The minimum absolute atomic E-state index is 0.0761. The summed E-state index contributed by atoms with van der Waals surface area (Å²) in [5.74, 6) is -0.0523. The Morgan fingerprint density at radius 1 is 1.29 bits per heavy atom. The van der Waals surface area contributed by atoms with Crippen molar-refractivity contribution in [3.63, 3.8) is 0 Å². The SMILES string of the molecule is CCOC(=O)c1[nH]c2cc(OC)ccc2c1NC(=O)CN1C[C@@H](C)O[C@@H](C)C1. The van der Waals surface area contributed by atoms with Crippen molar-refractivity contribution >= 4 is 28.5 Å². The molecule has 2 N–H and O–H groups in total. The number of esters is 1. The van der Waals surface area contributed by atoms with Crippen molar-refractivity contribution < 1.29 is 23.8 Å². The minimum atomic E-state index is -0.512. The molecule has 0 saturated carbocycles. The maximum atomic E-state index is 12.7. The van der Waals surface area contributed by atoms with Gasteiger partial charge in [-0.3, -0.25) is 9.69 Å². The topological polar surface area (TPSA) is 92.9 Å². The van der Waals surface area contributed by atoms with E-state index in [4.69, 9.17) is 14.2 Å². The molecule has 8 nitrogen and oxygen atoms in total. The molecule has 1 amide bonds. The molecule has 2 heterocycles. The second-order valence-corrected chi connectivity index (χ2v) is 7.01.